The molecule has 12 heavy (non-hydrogen) atoms. The Bertz CT molecular complexity index is 193. The summed E-state index contributed by atoms with van der Waals surface area (Å²) >= 11 is 0. The highest BCUT2D eigenvalue weighted by molar-refractivity contribution is 5.80. The SMILES string of the molecule is CCC(=CC(=O)O)N1CCCC1. The van der Waals surface area contributed by atoms with Gasteiger partial charge < -0.3 is 10.0 Å². The summed E-state index contributed by atoms with van der Waals surface area (Å²) in [7, 11) is 0. The van der Waals surface area contributed by atoms with E-state index in [0.29, 0.717) is 0 Å². The molecule has 0 radical (unpaired) electrons. The first kappa shape index (κ1) is 9.10. The van der Waals surface area contributed by atoms with Crippen LogP contribution in [0.5, 0.6) is 0 Å². The Hall–Kier alpha value is -0.990. The van der Waals surface area contributed by atoms with Crippen molar-refractivity contribution in [1.29, 1.82) is 0 Å². The molecule has 0 aromatic rings. The maximum absolute atomic E-state index is 10.4. The summed E-state index contributed by atoms with van der Waals surface area (Å²) < 4.78 is 0. The highest BCUT2D eigenvalue weighted by Crippen LogP contribution is 2.16. The number of carboxylic acid groups (broad SMARTS) is 1. The molecule has 68 valence electrons. The summed E-state index contributed by atoms with van der Waals surface area (Å²) in [6, 6.07) is 0. The molecule has 3 heteroatoms. The van der Waals surface area contributed by atoms with Gasteiger partial charge in [-0.25, -0.2) is 4.79 Å². The van der Waals surface area contributed by atoms with Crippen molar-refractivity contribution < 1.29 is 9.90 Å². The normalized spacial score (nSPS) is 18.4. The standard InChI is InChI=1S/C9H15NO2/c1-2-8(7-9(11)12)10-5-3-4-6-10/h7H,2-6H2,1H3,(H,11,12). The van der Waals surface area contributed by atoms with Gasteiger partial charge in [0, 0.05) is 24.9 Å². The van der Waals surface area contributed by atoms with Gasteiger partial charge in [0.2, 0.25) is 0 Å². The molecule has 0 unspecified atom stereocenters. The largest absolute Gasteiger partial charge is 0.478 e. The molecule has 1 fully saturated rings. The molecular formula is C9H15NO2. The number of aliphatic carboxylic acids is 1. The predicted octanol–water partition coefficient (Wildman–Crippen LogP) is 1.46. The molecule has 1 rings (SSSR count). The van der Waals surface area contributed by atoms with Gasteiger partial charge in [0.25, 0.3) is 0 Å². The lowest BCUT2D eigenvalue weighted by atomic mass is 10.3. The summed E-state index contributed by atoms with van der Waals surface area (Å²) in [6.45, 7) is 4.03. The topological polar surface area (TPSA) is 40.5 Å². The van der Waals surface area contributed by atoms with Crippen molar-refractivity contribution >= 4 is 5.97 Å². The molecule has 0 spiro atoms. The number of rotatable bonds is 3. The van der Waals surface area contributed by atoms with Crippen molar-refractivity contribution in [3.8, 4) is 0 Å². The van der Waals surface area contributed by atoms with Gasteiger partial charge in [-0.1, -0.05) is 6.92 Å². The second kappa shape index (κ2) is 4.14. The summed E-state index contributed by atoms with van der Waals surface area (Å²) in [5.41, 5.74) is 0.958. The molecule has 1 saturated heterocycles. The van der Waals surface area contributed by atoms with Crippen LogP contribution in [0.3, 0.4) is 0 Å². The Morgan fingerprint density at radius 3 is 2.50 bits per heavy atom. The number of carbonyl (C=O) groups is 1. The second-order valence-corrected chi connectivity index (χ2v) is 3.02. The minimum atomic E-state index is -0.834. The molecule has 1 heterocycles. The van der Waals surface area contributed by atoms with Gasteiger partial charge >= 0.3 is 5.97 Å². The highest BCUT2D eigenvalue weighted by Gasteiger charge is 2.13. The van der Waals surface area contributed by atoms with Gasteiger partial charge in [0.15, 0.2) is 0 Å². The van der Waals surface area contributed by atoms with E-state index in [1.165, 1.54) is 18.9 Å². The van der Waals surface area contributed by atoms with E-state index in [1.807, 2.05) is 6.92 Å². The zero-order valence-electron chi connectivity index (χ0n) is 7.42. The quantitative estimate of drug-likeness (QED) is 0.650. The minimum Gasteiger partial charge on any atom is -0.478 e. The van der Waals surface area contributed by atoms with Crippen LogP contribution in [0.25, 0.3) is 0 Å². The van der Waals surface area contributed by atoms with Gasteiger partial charge in [-0.3, -0.25) is 0 Å². The third-order valence-electron chi connectivity index (χ3n) is 2.16. The van der Waals surface area contributed by atoms with Crippen LogP contribution in [0.2, 0.25) is 0 Å². The van der Waals surface area contributed by atoms with E-state index in [0.717, 1.165) is 25.2 Å². The van der Waals surface area contributed by atoms with Crippen molar-refractivity contribution in [3.63, 3.8) is 0 Å². The van der Waals surface area contributed by atoms with E-state index in [9.17, 15) is 4.79 Å². The molecule has 1 aliphatic heterocycles. The Balaban J connectivity index is 2.60. The van der Waals surface area contributed by atoms with Crippen LogP contribution in [-0.4, -0.2) is 29.1 Å². The molecule has 1 N–H and O–H groups in total. The smallest absolute Gasteiger partial charge is 0.330 e. The van der Waals surface area contributed by atoms with Crippen molar-refractivity contribution in [2.24, 2.45) is 0 Å². The first-order chi connectivity index (χ1) is 5.74. The van der Waals surface area contributed by atoms with Crippen molar-refractivity contribution in [1.82, 2.24) is 4.90 Å². The monoisotopic (exact) mass is 169 g/mol. The zero-order valence-corrected chi connectivity index (χ0v) is 7.42. The van der Waals surface area contributed by atoms with E-state index in [-0.39, 0.29) is 0 Å². The van der Waals surface area contributed by atoms with Crippen molar-refractivity contribution in [2.45, 2.75) is 26.2 Å². The number of hydrogen-bond donors (Lipinski definition) is 1. The molecule has 0 aromatic heterocycles. The van der Waals surface area contributed by atoms with Crippen LogP contribution in [0.15, 0.2) is 11.8 Å². The molecular weight excluding hydrogens is 154 g/mol. The van der Waals surface area contributed by atoms with E-state index in [4.69, 9.17) is 5.11 Å². The zero-order chi connectivity index (χ0) is 8.97. The van der Waals surface area contributed by atoms with Crippen LogP contribution in [0.4, 0.5) is 0 Å². The average molecular weight is 169 g/mol. The van der Waals surface area contributed by atoms with Gasteiger partial charge in [0.05, 0.1) is 0 Å². The number of likely N-dealkylation sites (tertiary alicyclic amines) is 1. The molecule has 0 aromatic carbocycles. The lowest BCUT2D eigenvalue weighted by Gasteiger charge is -2.19. The predicted molar refractivity (Wildman–Crippen MR) is 46.8 cm³/mol. The van der Waals surface area contributed by atoms with Crippen molar-refractivity contribution in [2.75, 3.05) is 13.1 Å². The van der Waals surface area contributed by atoms with E-state index in [2.05, 4.69) is 4.90 Å². The maximum Gasteiger partial charge on any atom is 0.330 e. The number of nitrogens with zero attached hydrogens (tertiary/aromatic N) is 1. The summed E-state index contributed by atoms with van der Waals surface area (Å²) in [6.07, 6.45) is 4.52. The third-order valence-corrected chi connectivity index (χ3v) is 2.16. The first-order valence-corrected chi connectivity index (χ1v) is 4.42. The Kier molecular flexibility index (Phi) is 3.14. The average Bonchev–Trinajstić information content (AvgIpc) is 2.51. The van der Waals surface area contributed by atoms with Crippen molar-refractivity contribution in [3.05, 3.63) is 11.8 Å². The fraction of sp³-hybridized carbons (Fsp3) is 0.667. The fourth-order valence-electron chi connectivity index (χ4n) is 1.56. The Morgan fingerprint density at radius 1 is 1.50 bits per heavy atom. The molecule has 0 bridgehead atoms. The fourth-order valence-corrected chi connectivity index (χ4v) is 1.56. The van der Waals surface area contributed by atoms with Crippen LogP contribution in [-0.2, 0) is 4.79 Å². The summed E-state index contributed by atoms with van der Waals surface area (Å²) in [4.78, 5) is 12.6. The Morgan fingerprint density at radius 2 is 2.08 bits per heavy atom. The van der Waals surface area contributed by atoms with Crippen LogP contribution < -0.4 is 0 Å². The summed E-state index contributed by atoms with van der Waals surface area (Å²) in [5.74, 6) is -0.834. The number of carboxylic acids is 1. The van der Waals surface area contributed by atoms with E-state index >= 15 is 0 Å². The van der Waals surface area contributed by atoms with Gasteiger partial charge in [-0.2, -0.15) is 0 Å². The van der Waals surface area contributed by atoms with Gasteiger partial charge in [-0.15, -0.1) is 0 Å². The third kappa shape index (κ3) is 2.26. The van der Waals surface area contributed by atoms with E-state index in [1.54, 1.807) is 0 Å². The summed E-state index contributed by atoms with van der Waals surface area (Å²) in [5, 5.41) is 8.57. The maximum atomic E-state index is 10.4. The lowest BCUT2D eigenvalue weighted by Crippen LogP contribution is -2.19. The van der Waals surface area contributed by atoms with Crippen LogP contribution in [0.1, 0.15) is 26.2 Å². The molecule has 0 amide bonds. The number of allylic oxidation sites excluding steroid dienone is 1. The molecule has 3 nitrogen and oxygen atoms in total. The number of hydrogen-bond acceptors (Lipinski definition) is 2. The van der Waals surface area contributed by atoms with Crippen LogP contribution >= 0.6 is 0 Å². The molecule has 1 aliphatic rings. The molecule has 0 aliphatic carbocycles. The Labute approximate surface area is 72.7 Å². The lowest BCUT2D eigenvalue weighted by molar-refractivity contribution is -0.131. The van der Waals surface area contributed by atoms with E-state index < -0.39 is 5.97 Å². The first-order valence-electron chi connectivity index (χ1n) is 4.42. The van der Waals surface area contributed by atoms with Gasteiger partial charge in [0.1, 0.15) is 0 Å². The highest BCUT2D eigenvalue weighted by atomic mass is 16.4. The second-order valence-electron chi connectivity index (χ2n) is 3.02. The van der Waals surface area contributed by atoms with Gasteiger partial charge in [-0.05, 0) is 19.3 Å². The van der Waals surface area contributed by atoms with Crippen LogP contribution in [0, 0.1) is 0 Å². The molecule has 0 saturated carbocycles. The minimum absolute atomic E-state index is 0.812. The molecule has 0 atom stereocenters.